The molecule has 0 unspecified atom stereocenters. The summed E-state index contributed by atoms with van der Waals surface area (Å²) in [5.74, 6) is -1.48. The van der Waals surface area contributed by atoms with Gasteiger partial charge in [-0.2, -0.15) is 0 Å². The second-order valence-electron chi connectivity index (χ2n) is 5.54. The molecular weight excluding hydrogens is 312 g/mol. The van der Waals surface area contributed by atoms with Crippen molar-refractivity contribution in [2.45, 2.75) is 19.9 Å². The molecule has 0 aliphatic heterocycles. The zero-order valence-electron chi connectivity index (χ0n) is 13.2. The molecule has 24 heavy (non-hydrogen) atoms. The largest absolute Gasteiger partial charge is 0.352 e. The molecule has 0 radical (unpaired) electrons. The van der Waals surface area contributed by atoms with Crippen molar-refractivity contribution in [2.75, 3.05) is 6.54 Å². The van der Waals surface area contributed by atoms with E-state index < -0.39 is 17.5 Å². The lowest BCUT2D eigenvalue weighted by Crippen LogP contribution is -2.25. The minimum Gasteiger partial charge on any atom is -0.352 e. The Bertz CT molecular complexity index is 889. The van der Waals surface area contributed by atoms with E-state index in [1.54, 1.807) is 0 Å². The zero-order chi connectivity index (χ0) is 17.1. The third-order valence-corrected chi connectivity index (χ3v) is 3.87. The SMILES string of the molecule is Cc1nc2ccccc2n1CCCNC(=O)c1ccc(F)c(F)c1. The number of halogens is 2. The van der Waals surface area contributed by atoms with Crippen LogP contribution < -0.4 is 5.32 Å². The van der Waals surface area contributed by atoms with Crippen LogP contribution in [-0.2, 0) is 6.54 Å². The van der Waals surface area contributed by atoms with Crippen LogP contribution in [0.1, 0.15) is 22.6 Å². The van der Waals surface area contributed by atoms with Gasteiger partial charge in [0.25, 0.3) is 5.91 Å². The molecule has 124 valence electrons. The molecule has 3 aromatic rings. The fourth-order valence-corrected chi connectivity index (χ4v) is 2.66. The Morgan fingerprint density at radius 1 is 1.17 bits per heavy atom. The van der Waals surface area contributed by atoms with Gasteiger partial charge in [-0.3, -0.25) is 4.79 Å². The van der Waals surface area contributed by atoms with E-state index in [0.29, 0.717) is 19.5 Å². The number of para-hydroxylation sites is 2. The molecule has 1 N–H and O–H groups in total. The van der Waals surface area contributed by atoms with E-state index in [1.807, 2.05) is 31.2 Å². The molecule has 3 rings (SSSR count). The first kappa shape index (κ1) is 16.1. The van der Waals surface area contributed by atoms with Crippen LogP contribution in [0.2, 0.25) is 0 Å². The van der Waals surface area contributed by atoms with E-state index in [1.165, 1.54) is 6.07 Å². The van der Waals surface area contributed by atoms with Crippen molar-refractivity contribution >= 4 is 16.9 Å². The van der Waals surface area contributed by atoms with Crippen LogP contribution in [0, 0.1) is 18.6 Å². The lowest BCUT2D eigenvalue weighted by molar-refractivity contribution is 0.0952. The van der Waals surface area contributed by atoms with Gasteiger partial charge in [-0.05, 0) is 43.7 Å². The van der Waals surface area contributed by atoms with Crippen LogP contribution in [0.15, 0.2) is 42.5 Å². The monoisotopic (exact) mass is 329 g/mol. The number of rotatable bonds is 5. The van der Waals surface area contributed by atoms with E-state index in [0.717, 1.165) is 29.0 Å². The number of benzene rings is 2. The molecule has 0 atom stereocenters. The maximum Gasteiger partial charge on any atom is 0.251 e. The van der Waals surface area contributed by atoms with Crippen LogP contribution in [0.3, 0.4) is 0 Å². The van der Waals surface area contributed by atoms with E-state index in [9.17, 15) is 13.6 Å². The summed E-state index contributed by atoms with van der Waals surface area (Å²) >= 11 is 0. The van der Waals surface area contributed by atoms with Gasteiger partial charge in [-0.25, -0.2) is 13.8 Å². The van der Waals surface area contributed by atoms with Gasteiger partial charge in [0.05, 0.1) is 11.0 Å². The highest BCUT2D eigenvalue weighted by Gasteiger charge is 2.10. The van der Waals surface area contributed by atoms with E-state index in [-0.39, 0.29) is 5.56 Å². The van der Waals surface area contributed by atoms with Crippen molar-refractivity contribution in [3.63, 3.8) is 0 Å². The van der Waals surface area contributed by atoms with Gasteiger partial charge in [0.2, 0.25) is 0 Å². The number of hydrogen-bond acceptors (Lipinski definition) is 2. The number of amides is 1. The lowest BCUT2D eigenvalue weighted by atomic mass is 10.2. The summed E-state index contributed by atoms with van der Waals surface area (Å²) in [6.45, 7) is 3.09. The Labute approximate surface area is 138 Å². The Morgan fingerprint density at radius 3 is 2.75 bits per heavy atom. The van der Waals surface area contributed by atoms with Crippen LogP contribution in [0.25, 0.3) is 11.0 Å². The summed E-state index contributed by atoms with van der Waals surface area (Å²) in [5.41, 5.74) is 2.11. The predicted molar refractivity (Wildman–Crippen MR) is 87.8 cm³/mol. The molecule has 0 spiro atoms. The van der Waals surface area contributed by atoms with Crippen LogP contribution >= 0.6 is 0 Å². The van der Waals surface area contributed by atoms with Gasteiger partial charge in [-0.15, -0.1) is 0 Å². The van der Waals surface area contributed by atoms with Crippen molar-refractivity contribution in [3.05, 3.63) is 65.5 Å². The first-order valence-corrected chi connectivity index (χ1v) is 7.71. The first-order valence-electron chi connectivity index (χ1n) is 7.71. The summed E-state index contributed by atoms with van der Waals surface area (Å²) in [5, 5.41) is 2.71. The van der Waals surface area contributed by atoms with Crippen LogP contribution in [-0.4, -0.2) is 22.0 Å². The third kappa shape index (κ3) is 3.27. The standard InChI is InChI=1S/C18H17F2N3O/c1-12-22-16-5-2-3-6-17(16)23(12)10-4-9-21-18(24)13-7-8-14(19)15(20)11-13/h2-3,5-8,11H,4,9-10H2,1H3,(H,21,24). The van der Waals surface area contributed by atoms with Gasteiger partial charge < -0.3 is 9.88 Å². The molecule has 1 aromatic heterocycles. The number of aryl methyl sites for hydroxylation is 2. The fraction of sp³-hybridized carbons (Fsp3) is 0.222. The average Bonchev–Trinajstić information content (AvgIpc) is 2.89. The van der Waals surface area contributed by atoms with E-state index in [4.69, 9.17) is 0 Å². The molecule has 2 aromatic carbocycles. The molecule has 0 aliphatic rings. The van der Waals surface area contributed by atoms with E-state index in [2.05, 4.69) is 14.9 Å². The number of hydrogen-bond donors (Lipinski definition) is 1. The Kier molecular flexibility index (Phi) is 4.55. The molecule has 0 bridgehead atoms. The number of aromatic nitrogens is 2. The topological polar surface area (TPSA) is 46.9 Å². The van der Waals surface area contributed by atoms with Gasteiger partial charge in [0.15, 0.2) is 11.6 Å². The smallest absolute Gasteiger partial charge is 0.251 e. The quantitative estimate of drug-likeness (QED) is 0.729. The third-order valence-electron chi connectivity index (χ3n) is 3.87. The highest BCUT2D eigenvalue weighted by molar-refractivity contribution is 5.94. The molecule has 1 heterocycles. The lowest BCUT2D eigenvalue weighted by Gasteiger charge is -2.08. The summed E-state index contributed by atoms with van der Waals surface area (Å²) in [4.78, 5) is 16.4. The number of carbonyl (C=O) groups is 1. The minimum absolute atomic E-state index is 0.109. The number of imidazole rings is 1. The van der Waals surface area contributed by atoms with Gasteiger partial charge in [-0.1, -0.05) is 12.1 Å². The zero-order valence-corrected chi connectivity index (χ0v) is 13.2. The maximum absolute atomic E-state index is 13.1. The summed E-state index contributed by atoms with van der Waals surface area (Å²) in [7, 11) is 0. The second kappa shape index (κ2) is 6.78. The Morgan fingerprint density at radius 2 is 1.96 bits per heavy atom. The molecule has 0 saturated carbocycles. The Balaban J connectivity index is 1.57. The van der Waals surface area contributed by atoms with Crippen molar-refractivity contribution in [1.29, 1.82) is 0 Å². The van der Waals surface area contributed by atoms with Gasteiger partial charge in [0, 0.05) is 18.7 Å². The first-order chi connectivity index (χ1) is 11.6. The number of fused-ring (bicyclic) bond motifs is 1. The molecule has 6 heteroatoms. The number of nitrogens with one attached hydrogen (secondary N) is 1. The maximum atomic E-state index is 13.1. The van der Waals surface area contributed by atoms with Crippen LogP contribution in [0.4, 0.5) is 8.78 Å². The Hall–Kier alpha value is -2.76. The summed E-state index contributed by atoms with van der Waals surface area (Å²) < 4.78 is 28.1. The van der Waals surface area contributed by atoms with Crippen LogP contribution in [0.5, 0.6) is 0 Å². The summed E-state index contributed by atoms with van der Waals surface area (Å²) in [6.07, 6.45) is 0.705. The number of nitrogens with zero attached hydrogens (tertiary/aromatic N) is 2. The molecule has 0 fully saturated rings. The van der Waals surface area contributed by atoms with Crippen molar-refractivity contribution < 1.29 is 13.6 Å². The second-order valence-corrected chi connectivity index (χ2v) is 5.54. The highest BCUT2D eigenvalue weighted by atomic mass is 19.2. The molecule has 0 aliphatic carbocycles. The predicted octanol–water partition coefficient (Wildman–Crippen LogP) is 3.44. The van der Waals surface area contributed by atoms with Gasteiger partial charge in [0.1, 0.15) is 5.82 Å². The van der Waals surface area contributed by atoms with Crippen molar-refractivity contribution in [2.24, 2.45) is 0 Å². The molecular formula is C18H17F2N3O. The van der Waals surface area contributed by atoms with E-state index >= 15 is 0 Å². The fourth-order valence-electron chi connectivity index (χ4n) is 2.66. The average molecular weight is 329 g/mol. The minimum atomic E-state index is -1.02. The van der Waals surface area contributed by atoms with Crippen molar-refractivity contribution in [1.82, 2.24) is 14.9 Å². The van der Waals surface area contributed by atoms with Crippen molar-refractivity contribution in [3.8, 4) is 0 Å². The molecule has 1 amide bonds. The normalized spacial score (nSPS) is 11.0. The molecule has 0 saturated heterocycles. The molecule has 4 nitrogen and oxygen atoms in total. The van der Waals surface area contributed by atoms with Gasteiger partial charge >= 0.3 is 0 Å². The highest BCUT2D eigenvalue weighted by Crippen LogP contribution is 2.15. The summed E-state index contributed by atoms with van der Waals surface area (Å²) in [6, 6.07) is 11.0. The number of carbonyl (C=O) groups excluding carboxylic acids is 1.